The molecule has 1 saturated heterocycles. The van der Waals surface area contributed by atoms with Crippen molar-refractivity contribution >= 4 is 35.5 Å². The number of piperazine rings is 1. The Morgan fingerprint density at radius 3 is 2.33 bits per heavy atom. The summed E-state index contributed by atoms with van der Waals surface area (Å²) in [5.41, 5.74) is 5.02. The van der Waals surface area contributed by atoms with Gasteiger partial charge in [0.2, 0.25) is 0 Å². The maximum Gasteiger partial charge on any atom is 0.323 e. The number of amides is 2. The summed E-state index contributed by atoms with van der Waals surface area (Å²) in [4.78, 5) is 17.3. The normalized spacial score (nSPS) is 17.2. The number of aryl methyl sites for hydroxylation is 2. The van der Waals surface area contributed by atoms with Gasteiger partial charge in [0.1, 0.15) is 12.7 Å². The van der Waals surface area contributed by atoms with Gasteiger partial charge in [-0.05, 0) is 67.4 Å². The van der Waals surface area contributed by atoms with Crippen LogP contribution in [0.5, 0.6) is 11.5 Å². The standard InChI is InChI=1S/C28H32N4O3.ClH/c1-20-10-11-23(16-21(20)2)30-28(33)29-22-6-5-7-24(17-22)32-14-12-31(13-15-32)18-25-19-34-26-8-3-4-9-27(26)35-25;/h3-11,16-17,25H,12-15,18-19H2,1-2H3,(H2,29,30,33);1H. The summed E-state index contributed by atoms with van der Waals surface area (Å²) in [5, 5.41) is 5.87. The van der Waals surface area contributed by atoms with Crippen LogP contribution in [0.25, 0.3) is 0 Å². The summed E-state index contributed by atoms with van der Waals surface area (Å²) in [7, 11) is 0. The second-order valence-corrected chi connectivity index (χ2v) is 9.21. The van der Waals surface area contributed by atoms with E-state index in [2.05, 4.69) is 33.4 Å². The van der Waals surface area contributed by atoms with Crippen molar-refractivity contribution in [3.63, 3.8) is 0 Å². The predicted octanol–water partition coefficient (Wildman–Crippen LogP) is 5.33. The quantitative estimate of drug-likeness (QED) is 0.487. The number of carbonyl (C=O) groups is 1. The van der Waals surface area contributed by atoms with Crippen LogP contribution in [0.1, 0.15) is 11.1 Å². The van der Waals surface area contributed by atoms with Crippen LogP contribution in [0.4, 0.5) is 21.9 Å². The molecule has 2 heterocycles. The van der Waals surface area contributed by atoms with Gasteiger partial charge < -0.3 is 25.0 Å². The van der Waals surface area contributed by atoms with Crippen LogP contribution < -0.4 is 25.0 Å². The summed E-state index contributed by atoms with van der Waals surface area (Å²) in [5.74, 6) is 1.65. The number of anilines is 3. The number of ether oxygens (including phenoxy) is 2. The molecule has 1 atom stereocenters. The Morgan fingerprint density at radius 1 is 0.861 bits per heavy atom. The molecule has 2 N–H and O–H groups in total. The zero-order valence-corrected chi connectivity index (χ0v) is 21.5. The molecule has 190 valence electrons. The first-order valence-electron chi connectivity index (χ1n) is 12.1. The number of nitrogens with one attached hydrogen (secondary N) is 2. The first-order chi connectivity index (χ1) is 17.0. The lowest BCUT2D eigenvalue weighted by Crippen LogP contribution is -2.50. The Hall–Kier alpha value is -3.42. The number of carbonyl (C=O) groups excluding carboxylic acids is 1. The van der Waals surface area contributed by atoms with Gasteiger partial charge in [-0.3, -0.25) is 4.90 Å². The summed E-state index contributed by atoms with van der Waals surface area (Å²) in [6.07, 6.45) is 0.0415. The fourth-order valence-corrected chi connectivity index (χ4v) is 4.52. The summed E-state index contributed by atoms with van der Waals surface area (Å²) >= 11 is 0. The van der Waals surface area contributed by atoms with E-state index in [1.165, 1.54) is 5.56 Å². The predicted molar refractivity (Wildman–Crippen MR) is 147 cm³/mol. The molecule has 0 spiro atoms. The lowest BCUT2D eigenvalue weighted by molar-refractivity contribution is 0.0571. The molecule has 0 saturated carbocycles. The van der Waals surface area contributed by atoms with Crippen molar-refractivity contribution in [2.75, 3.05) is 54.9 Å². The van der Waals surface area contributed by atoms with Crippen LogP contribution in [0.2, 0.25) is 0 Å². The van der Waals surface area contributed by atoms with Gasteiger partial charge in [-0.15, -0.1) is 12.4 Å². The van der Waals surface area contributed by atoms with E-state index >= 15 is 0 Å². The number of fused-ring (bicyclic) bond motifs is 1. The number of rotatable bonds is 5. The van der Waals surface area contributed by atoms with Gasteiger partial charge in [0, 0.05) is 49.8 Å². The smallest absolute Gasteiger partial charge is 0.323 e. The molecule has 0 bridgehead atoms. The number of benzene rings is 3. The highest BCUT2D eigenvalue weighted by Crippen LogP contribution is 2.31. The molecule has 3 aromatic rings. The molecule has 2 aliphatic heterocycles. The van der Waals surface area contributed by atoms with Gasteiger partial charge in [0.15, 0.2) is 11.5 Å². The van der Waals surface area contributed by atoms with Crippen LogP contribution in [0.15, 0.2) is 66.7 Å². The van der Waals surface area contributed by atoms with Crippen molar-refractivity contribution in [3.8, 4) is 11.5 Å². The zero-order valence-electron chi connectivity index (χ0n) is 20.7. The molecule has 5 rings (SSSR count). The highest BCUT2D eigenvalue weighted by Gasteiger charge is 2.25. The fraction of sp³-hybridized carbons (Fsp3) is 0.321. The molecule has 7 nitrogen and oxygen atoms in total. The molecule has 3 aromatic carbocycles. The third-order valence-corrected chi connectivity index (χ3v) is 6.64. The van der Waals surface area contributed by atoms with E-state index in [-0.39, 0.29) is 24.5 Å². The number of halogens is 1. The van der Waals surface area contributed by atoms with E-state index in [1.807, 2.05) is 67.6 Å². The molecular weight excluding hydrogens is 476 g/mol. The second-order valence-electron chi connectivity index (χ2n) is 9.21. The molecule has 2 aliphatic rings. The molecule has 2 amide bonds. The minimum Gasteiger partial charge on any atom is -0.486 e. The monoisotopic (exact) mass is 508 g/mol. The van der Waals surface area contributed by atoms with Gasteiger partial charge in [0.05, 0.1) is 0 Å². The molecule has 8 heteroatoms. The van der Waals surface area contributed by atoms with Crippen molar-refractivity contribution in [3.05, 3.63) is 77.9 Å². The Bertz CT molecular complexity index is 1200. The Balaban J connectivity index is 0.00000304. The maximum absolute atomic E-state index is 12.5. The van der Waals surface area contributed by atoms with Crippen LogP contribution in [0, 0.1) is 13.8 Å². The molecule has 1 unspecified atom stereocenters. The lowest BCUT2D eigenvalue weighted by Gasteiger charge is -2.38. The number of para-hydroxylation sites is 2. The van der Waals surface area contributed by atoms with Crippen molar-refractivity contribution in [1.82, 2.24) is 4.90 Å². The number of nitrogens with zero attached hydrogens (tertiary/aromatic N) is 2. The highest BCUT2D eigenvalue weighted by atomic mass is 35.5. The van der Waals surface area contributed by atoms with E-state index < -0.39 is 0 Å². The Kier molecular flexibility index (Phi) is 8.23. The summed E-state index contributed by atoms with van der Waals surface area (Å²) in [6.45, 7) is 9.26. The number of hydrogen-bond acceptors (Lipinski definition) is 5. The van der Waals surface area contributed by atoms with E-state index in [0.717, 1.165) is 66.8 Å². The van der Waals surface area contributed by atoms with Gasteiger partial charge in [-0.1, -0.05) is 24.3 Å². The SMILES string of the molecule is Cc1ccc(NC(=O)Nc2cccc(N3CCN(CC4COc5ccccc5O4)CC3)c2)cc1C.Cl. The van der Waals surface area contributed by atoms with Crippen LogP contribution in [0.3, 0.4) is 0 Å². The minimum absolute atomic E-state index is 0. The number of urea groups is 1. The van der Waals surface area contributed by atoms with Gasteiger partial charge >= 0.3 is 6.03 Å². The van der Waals surface area contributed by atoms with Crippen molar-refractivity contribution in [2.45, 2.75) is 20.0 Å². The Labute approximate surface area is 218 Å². The average molecular weight is 509 g/mol. The maximum atomic E-state index is 12.5. The topological polar surface area (TPSA) is 66.1 Å². The molecule has 0 radical (unpaired) electrons. The molecule has 1 fully saturated rings. The summed E-state index contributed by atoms with van der Waals surface area (Å²) in [6, 6.07) is 21.5. The molecule has 0 aromatic heterocycles. The second kappa shape index (κ2) is 11.5. The van der Waals surface area contributed by atoms with Gasteiger partial charge in [-0.2, -0.15) is 0 Å². The molecule has 0 aliphatic carbocycles. The van der Waals surface area contributed by atoms with Crippen LogP contribution in [-0.4, -0.2) is 56.4 Å². The third kappa shape index (κ3) is 6.22. The van der Waals surface area contributed by atoms with E-state index in [4.69, 9.17) is 9.47 Å². The van der Waals surface area contributed by atoms with Crippen LogP contribution >= 0.6 is 12.4 Å². The molecular formula is C28H33ClN4O3. The third-order valence-electron chi connectivity index (χ3n) is 6.64. The van der Waals surface area contributed by atoms with Crippen molar-refractivity contribution < 1.29 is 14.3 Å². The van der Waals surface area contributed by atoms with Crippen LogP contribution in [-0.2, 0) is 0 Å². The van der Waals surface area contributed by atoms with E-state index in [1.54, 1.807) is 0 Å². The fourth-order valence-electron chi connectivity index (χ4n) is 4.52. The first-order valence-corrected chi connectivity index (χ1v) is 12.1. The lowest BCUT2D eigenvalue weighted by atomic mass is 10.1. The van der Waals surface area contributed by atoms with Gasteiger partial charge in [0.25, 0.3) is 0 Å². The first kappa shape index (κ1) is 25.7. The van der Waals surface area contributed by atoms with Crippen molar-refractivity contribution in [2.24, 2.45) is 0 Å². The molecule has 36 heavy (non-hydrogen) atoms. The van der Waals surface area contributed by atoms with Crippen molar-refractivity contribution in [1.29, 1.82) is 0 Å². The highest BCUT2D eigenvalue weighted by molar-refractivity contribution is 6.00. The average Bonchev–Trinajstić information content (AvgIpc) is 2.87. The van der Waals surface area contributed by atoms with Gasteiger partial charge in [-0.25, -0.2) is 4.79 Å². The minimum atomic E-state index is -0.244. The zero-order chi connectivity index (χ0) is 24.2. The largest absolute Gasteiger partial charge is 0.486 e. The number of hydrogen-bond donors (Lipinski definition) is 2. The van der Waals surface area contributed by atoms with E-state index in [9.17, 15) is 4.79 Å². The summed E-state index contributed by atoms with van der Waals surface area (Å²) < 4.78 is 12.0. The van der Waals surface area contributed by atoms with E-state index in [0.29, 0.717) is 6.61 Å². The Morgan fingerprint density at radius 2 is 1.58 bits per heavy atom.